The normalized spacial score (nSPS) is 12.1. The number of rotatable bonds is 5. The van der Waals surface area contributed by atoms with Crippen LogP contribution in [0.15, 0.2) is 60.9 Å². The second-order valence-corrected chi connectivity index (χ2v) is 5.27. The van der Waals surface area contributed by atoms with Gasteiger partial charge in [-0.05, 0) is 30.2 Å². The van der Waals surface area contributed by atoms with Crippen LogP contribution in [0, 0.1) is 0 Å². The zero-order valence-electron chi connectivity index (χ0n) is 12.8. The van der Waals surface area contributed by atoms with Crippen LogP contribution in [0.4, 0.5) is 0 Å². The molecule has 0 aliphatic rings. The Labute approximate surface area is 130 Å². The van der Waals surface area contributed by atoms with Crippen molar-refractivity contribution in [1.29, 1.82) is 0 Å². The number of hydrogen-bond donors (Lipinski definition) is 0. The number of nitrogens with zero attached hydrogens (tertiary/aromatic N) is 3. The van der Waals surface area contributed by atoms with Crippen molar-refractivity contribution in [2.24, 2.45) is 0 Å². The van der Waals surface area contributed by atoms with Gasteiger partial charge in [0.05, 0.1) is 13.2 Å². The molecule has 0 saturated heterocycles. The summed E-state index contributed by atoms with van der Waals surface area (Å²) in [6.45, 7) is 2.16. The largest absolute Gasteiger partial charge is 0.497 e. The first-order valence-corrected chi connectivity index (χ1v) is 7.34. The predicted octanol–water partition coefficient (Wildman–Crippen LogP) is 3.49. The Kier molecular flexibility index (Phi) is 4.19. The Morgan fingerprint density at radius 3 is 2.45 bits per heavy atom. The zero-order chi connectivity index (χ0) is 15.4. The molecule has 1 atom stereocenters. The summed E-state index contributed by atoms with van der Waals surface area (Å²) in [5, 5.41) is 8.37. The van der Waals surface area contributed by atoms with E-state index < -0.39 is 0 Å². The van der Waals surface area contributed by atoms with Crippen molar-refractivity contribution < 1.29 is 4.74 Å². The van der Waals surface area contributed by atoms with Gasteiger partial charge in [0.1, 0.15) is 17.9 Å². The lowest BCUT2D eigenvalue weighted by Crippen LogP contribution is -2.10. The summed E-state index contributed by atoms with van der Waals surface area (Å²) >= 11 is 0. The van der Waals surface area contributed by atoms with Crippen molar-refractivity contribution in [1.82, 2.24) is 14.8 Å². The fraction of sp³-hybridized carbons (Fsp3) is 0.222. The molecule has 0 aliphatic heterocycles. The average molecular weight is 293 g/mol. The minimum atomic E-state index is 0.212. The summed E-state index contributed by atoms with van der Waals surface area (Å²) in [5.74, 6) is 1.82. The molecule has 0 aliphatic carbocycles. The van der Waals surface area contributed by atoms with Gasteiger partial charge in [-0.3, -0.25) is 0 Å². The van der Waals surface area contributed by atoms with E-state index in [1.165, 1.54) is 11.1 Å². The third-order valence-electron chi connectivity index (χ3n) is 3.87. The molecule has 4 heteroatoms. The van der Waals surface area contributed by atoms with Crippen LogP contribution in [0.3, 0.4) is 0 Å². The van der Waals surface area contributed by atoms with Gasteiger partial charge in [-0.25, -0.2) is 0 Å². The standard InChI is InChI=1S/C18H19N3O/c1-14(16-6-4-3-5-7-16)21-13-19-20-18(21)12-15-8-10-17(22-2)11-9-15/h3-11,13-14H,12H2,1-2H3/t14-/m1/s1. The maximum atomic E-state index is 5.19. The number of hydrogen-bond acceptors (Lipinski definition) is 3. The summed E-state index contributed by atoms with van der Waals surface area (Å²) in [6, 6.07) is 18.7. The quantitative estimate of drug-likeness (QED) is 0.723. The molecule has 0 fully saturated rings. The van der Waals surface area contributed by atoms with Crippen LogP contribution in [0.5, 0.6) is 5.75 Å². The van der Waals surface area contributed by atoms with Crippen LogP contribution in [-0.4, -0.2) is 21.9 Å². The summed E-state index contributed by atoms with van der Waals surface area (Å²) in [7, 11) is 1.67. The van der Waals surface area contributed by atoms with E-state index in [1.807, 2.05) is 18.2 Å². The summed E-state index contributed by atoms with van der Waals surface area (Å²) in [4.78, 5) is 0. The van der Waals surface area contributed by atoms with Crippen LogP contribution in [0.25, 0.3) is 0 Å². The highest BCUT2D eigenvalue weighted by Crippen LogP contribution is 2.20. The molecule has 0 spiro atoms. The molecule has 0 amide bonds. The van der Waals surface area contributed by atoms with Gasteiger partial charge in [0.25, 0.3) is 0 Å². The molecule has 3 aromatic rings. The third kappa shape index (κ3) is 3.01. The monoisotopic (exact) mass is 293 g/mol. The Balaban J connectivity index is 1.82. The van der Waals surface area contributed by atoms with Crippen LogP contribution < -0.4 is 4.74 Å². The highest BCUT2D eigenvalue weighted by Gasteiger charge is 2.13. The Hall–Kier alpha value is -2.62. The smallest absolute Gasteiger partial charge is 0.137 e. The molecule has 0 saturated carbocycles. The SMILES string of the molecule is COc1ccc(Cc2nncn2[C@H](C)c2ccccc2)cc1. The lowest BCUT2D eigenvalue weighted by atomic mass is 10.1. The van der Waals surface area contributed by atoms with Crippen molar-refractivity contribution >= 4 is 0 Å². The van der Waals surface area contributed by atoms with E-state index in [0.29, 0.717) is 0 Å². The van der Waals surface area contributed by atoms with Gasteiger partial charge in [0, 0.05) is 6.42 Å². The third-order valence-corrected chi connectivity index (χ3v) is 3.87. The number of ether oxygens (including phenoxy) is 1. The van der Waals surface area contributed by atoms with Crippen molar-refractivity contribution in [2.45, 2.75) is 19.4 Å². The van der Waals surface area contributed by atoms with E-state index in [-0.39, 0.29) is 6.04 Å². The predicted molar refractivity (Wildman–Crippen MR) is 86.1 cm³/mol. The molecule has 112 valence electrons. The van der Waals surface area contributed by atoms with E-state index in [2.05, 4.69) is 58.1 Å². The molecule has 3 rings (SSSR count). The molecule has 0 N–H and O–H groups in total. The molecule has 4 nitrogen and oxygen atoms in total. The molecule has 0 radical (unpaired) electrons. The van der Waals surface area contributed by atoms with Crippen molar-refractivity contribution in [3.8, 4) is 5.75 Å². The van der Waals surface area contributed by atoms with Crippen molar-refractivity contribution in [3.05, 3.63) is 77.9 Å². The van der Waals surface area contributed by atoms with Gasteiger partial charge in [-0.2, -0.15) is 0 Å². The van der Waals surface area contributed by atoms with Crippen LogP contribution in [0.2, 0.25) is 0 Å². The number of benzene rings is 2. The van der Waals surface area contributed by atoms with Gasteiger partial charge < -0.3 is 9.30 Å². The Morgan fingerprint density at radius 2 is 1.77 bits per heavy atom. The maximum absolute atomic E-state index is 5.19. The van der Waals surface area contributed by atoms with E-state index >= 15 is 0 Å². The second-order valence-electron chi connectivity index (χ2n) is 5.27. The van der Waals surface area contributed by atoms with Crippen LogP contribution in [0.1, 0.15) is 29.9 Å². The molecule has 0 bridgehead atoms. The van der Waals surface area contributed by atoms with Crippen molar-refractivity contribution in [3.63, 3.8) is 0 Å². The first-order valence-electron chi connectivity index (χ1n) is 7.34. The van der Waals surface area contributed by atoms with Crippen molar-refractivity contribution in [2.75, 3.05) is 7.11 Å². The molecular formula is C18H19N3O. The van der Waals surface area contributed by atoms with Gasteiger partial charge in [0.15, 0.2) is 0 Å². The average Bonchev–Trinajstić information content (AvgIpc) is 3.04. The zero-order valence-corrected chi connectivity index (χ0v) is 12.8. The first-order chi connectivity index (χ1) is 10.8. The van der Waals surface area contributed by atoms with Gasteiger partial charge in [-0.1, -0.05) is 42.5 Å². The maximum Gasteiger partial charge on any atom is 0.137 e. The topological polar surface area (TPSA) is 39.9 Å². The molecule has 22 heavy (non-hydrogen) atoms. The van der Waals surface area contributed by atoms with E-state index in [4.69, 9.17) is 4.74 Å². The van der Waals surface area contributed by atoms with Gasteiger partial charge in [-0.15, -0.1) is 10.2 Å². The van der Waals surface area contributed by atoms with Gasteiger partial charge in [0.2, 0.25) is 0 Å². The van der Waals surface area contributed by atoms with Gasteiger partial charge >= 0.3 is 0 Å². The Morgan fingerprint density at radius 1 is 1.05 bits per heavy atom. The molecule has 0 unspecified atom stereocenters. The van der Waals surface area contributed by atoms with E-state index in [9.17, 15) is 0 Å². The van der Waals surface area contributed by atoms with E-state index in [1.54, 1.807) is 13.4 Å². The van der Waals surface area contributed by atoms with Crippen LogP contribution >= 0.6 is 0 Å². The number of methoxy groups -OCH3 is 1. The van der Waals surface area contributed by atoms with E-state index in [0.717, 1.165) is 18.0 Å². The fourth-order valence-corrected chi connectivity index (χ4v) is 2.53. The molecular weight excluding hydrogens is 274 g/mol. The fourth-order valence-electron chi connectivity index (χ4n) is 2.53. The lowest BCUT2D eigenvalue weighted by Gasteiger charge is -2.16. The minimum Gasteiger partial charge on any atom is -0.497 e. The highest BCUT2D eigenvalue weighted by atomic mass is 16.5. The minimum absolute atomic E-state index is 0.212. The second kappa shape index (κ2) is 6.43. The molecule has 1 aromatic heterocycles. The molecule has 2 aromatic carbocycles. The molecule has 1 heterocycles. The first kappa shape index (κ1) is 14.3. The lowest BCUT2D eigenvalue weighted by molar-refractivity contribution is 0.414. The Bertz CT molecular complexity index is 720. The summed E-state index contributed by atoms with van der Waals surface area (Å²) in [5.41, 5.74) is 2.44. The summed E-state index contributed by atoms with van der Waals surface area (Å²) < 4.78 is 7.32. The summed E-state index contributed by atoms with van der Waals surface area (Å²) in [6.07, 6.45) is 2.55. The highest BCUT2D eigenvalue weighted by molar-refractivity contribution is 5.29. The number of aromatic nitrogens is 3. The van der Waals surface area contributed by atoms with Crippen LogP contribution in [-0.2, 0) is 6.42 Å².